The second-order valence-corrected chi connectivity index (χ2v) is 10.9. The fourth-order valence-corrected chi connectivity index (χ4v) is 8.12. The minimum atomic E-state index is 0.485. The van der Waals surface area contributed by atoms with Crippen LogP contribution in [0, 0.1) is 22.7 Å². The van der Waals surface area contributed by atoms with Gasteiger partial charge in [-0.25, -0.2) is 0 Å². The van der Waals surface area contributed by atoms with Crippen LogP contribution in [0.15, 0.2) is 30.3 Å². The summed E-state index contributed by atoms with van der Waals surface area (Å²) in [5, 5.41) is 0. The van der Waals surface area contributed by atoms with Crippen LogP contribution in [0.25, 0.3) is 0 Å². The summed E-state index contributed by atoms with van der Waals surface area (Å²) < 4.78 is 0. The Morgan fingerprint density at radius 3 is 2.44 bits per heavy atom. The molecule has 1 heteroatoms. The van der Waals surface area contributed by atoms with Crippen LogP contribution < -0.4 is 0 Å². The zero-order valence-corrected chi connectivity index (χ0v) is 16.3. The van der Waals surface area contributed by atoms with Crippen LogP contribution in [0.3, 0.4) is 0 Å². The fraction of sp³-hybridized carbons (Fsp3) is 0.750. The van der Waals surface area contributed by atoms with Gasteiger partial charge in [-0.05, 0) is 98.1 Å². The van der Waals surface area contributed by atoms with Crippen LogP contribution in [-0.2, 0) is 5.41 Å². The number of piperidine rings is 1. The molecule has 4 saturated carbocycles. The van der Waals surface area contributed by atoms with Crippen molar-refractivity contribution in [1.29, 1.82) is 0 Å². The van der Waals surface area contributed by atoms with E-state index in [1.807, 2.05) is 0 Å². The maximum Gasteiger partial charge on any atom is 0.00386 e. The van der Waals surface area contributed by atoms with E-state index >= 15 is 0 Å². The van der Waals surface area contributed by atoms with Gasteiger partial charge in [0.05, 0.1) is 0 Å². The highest BCUT2D eigenvalue weighted by Crippen LogP contribution is 2.70. The van der Waals surface area contributed by atoms with E-state index in [1.165, 1.54) is 71.0 Å². The Balaban J connectivity index is 1.45. The van der Waals surface area contributed by atoms with Crippen LogP contribution in [0.2, 0.25) is 0 Å². The molecule has 5 fully saturated rings. The van der Waals surface area contributed by atoms with Crippen LogP contribution in [0.4, 0.5) is 0 Å². The van der Waals surface area contributed by atoms with Crippen molar-refractivity contribution >= 4 is 0 Å². The number of benzene rings is 1. The Labute approximate surface area is 154 Å². The van der Waals surface area contributed by atoms with Crippen molar-refractivity contribution in [3.05, 3.63) is 35.9 Å². The zero-order valence-electron chi connectivity index (χ0n) is 16.3. The molecular formula is C24H35N. The van der Waals surface area contributed by atoms with E-state index < -0.39 is 0 Å². The summed E-state index contributed by atoms with van der Waals surface area (Å²) in [7, 11) is 0. The molecule has 4 bridgehead atoms. The minimum absolute atomic E-state index is 0.485. The van der Waals surface area contributed by atoms with Crippen molar-refractivity contribution in [1.82, 2.24) is 4.90 Å². The van der Waals surface area contributed by atoms with Gasteiger partial charge in [0, 0.05) is 6.54 Å². The highest BCUT2D eigenvalue weighted by Gasteiger charge is 2.62. The molecule has 1 aromatic rings. The predicted molar refractivity (Wildman–Crippen MR) is 105 cm³/mol. The van der Waals surface area contributed by atoms with Gasteiger partial charge in [-0.15, -0.1) is 0 Å². The van der Waals surface area contributed by atoms with Gasteiger partial charge in [0.2, 0.25) is 0 Å². The van der Waals surface area contributed by atoms with Crippen molar-refractivity contribution in [2.45, 2.75) is 70.6 Å². The Hall–Kier alpha value is -0.820. The van der Waals surface area contributed by atoms with Crippen LogP contribution in [0.1, 0.15) is 70.8 Å². The molecule has 25 heavy (non-hydrogen) atoms. The minimum Gasteiger partial charge on any atom is -0.303 e. The lowest BCUT2D eigenvalue weighted by Crippen LogP contribution is -2.60. The van der Waals surface area contributed by atoms with Crippen molar-refractivity contribution in [2.75, 3.05) is 19.6 Å². The number of hydrogen-bond donors (Lipinski definition) is 0. The second-order valence-electron chi connectivity index (χ2n) is 10.9. The van der Waals surface area contributed by atoms with E-state index in [4.69, 9.17) is 0 Å². The molecule has 0 spiro atoms. The molecule has 6 rings (SSSR count). The van der Waals surface area contributed by atoms with Crippen molar-refractivity contribution in [3.8, 4) is 0 Å². The van der Waals surface area contributed by atoms with E-state index in [1.54, 1.807) is 5.56 Å². The van der Waals surface area contributed by atoms with E-state index in [2.05, 4.69) is 49.1 Å². The number of nitrogens with zero attached hydrogens (tertiary/aromatic N) is 1. The molecule has 1 saturated heterocycles. The van der Waals surface area contributed by atoms with Gasteiger partial charge in [0.1, 0.15) is 0 Å². The standard InChI is InChI=1S/C24H35N/c1-19-8-10-25(11-9-19)18-23-13-20-12-22(2,15-23)16-24(14-20,17-23)21-6-4-3-5-7-21/h3-7,19-20H,8-18H2,1-2H3/t20?,22-,23?,24+/m1/s1. The first-order chi connectivity index (χ1) is 12.0. The van der Waals surface area contributed by atoms with Crippen LogP contribution >= 0.6 is 0 Å². The molecule has 1 aliphatic heterocycles. The fourth-order valence-electron chi connectivity index (χ4n) is 8.12. The smallest absolute Gasteiger partial charge is 0.00386 e. The molecule has 1 nitrogen and oxygen atoms in total. The second kappa shape index (κ2) is 5.59. The van der Waals surface area contributed by atoms with Crippen LogP contribution in [-0.4, -0.2) is 24.5 Å². The first-order valence-electron chi connectivity index (χ1n) is 10.8. The summed E-state index contributed by atoms with van der Waals surface area (Å²) in [5.74, 6) is 1.92. The molecular weight excluding hydrogens is 302 g/mol. The summed E-state index contributed by atoms with van der Waals surface area (Å²) in [6, 6.07) is 11.6. The number of likely N-dealkylation sites (tertiary alicyclic amines) is 1. The molecule has 1 aromatic carbocycles. The van der Waals surface area contributed by atoms with E-state index in [0.29, 0.717) is 16.2 Å². The maximum atomic E-state index is 2.84. The van der Waals surface area contributed by atoms with Crippen molar-refractivity contribution in [2.24, 2.45) is 22.7 Å². The average molecular weight is 338 g/mol. The first kappa shape index (κ1) is 16.4. The van der Waals surface area contributed by atoms with Gasteiger partial charge in [-0.3, -0.25) is 0 Å². The van der Waals surface area contributed by atoms with E-state index in [0.717, 1.165) is 11.8 Å². The van der Waals surface area contributed by atoms with Gasteiger partial charge < -0.3 is 4.90 Å². The summed E-state index contributed by atoms with van der Waals surface area (Å²) in [6.07, 6.45) is 11.7. The molecule has 5 aliphatic rings. The molecule has 0 radical (unpaired) electrons. The van der Waals surface area contributed by atoms with Crippen molar-refractivity contribution < 1.29 is 0 Å². The topological polar surface area (TPSA) is 3.24 Å². The third-order valence-corrected chi connectivity index (χ3v) is 8.28. The highest BCUT2D eigenvalue weighted by molar-refractivity contribution is 5.31. The Morgan fingerprint density at radius 2 is 1.72 bits per heavy atom. The van der Waals surface area contributed by atoms with Gasteiger partial charge >= 0.3 is 0 Å². The molecule has 136 valence electrons. The SMILES string of the molecule is CC1CCN(CC23CC4C[C@](C)(C2)C[C@@](c2ccccc2)(C4)C3)CC1. The van der Waals surface area contributed by atoms with Gasteiger partial charge in [-0.2, -0.15) is 0 Å². The maximum absolute atomic E-state index is 2.84. The predicted octanol–water partition coefficient (Wildman–Crippen LogP) is 5.65. The third kappa shape index (κ3) is 2.78. The normalized spacial score (nSPS) is 44.3. The largest absolute Gasteiger partial charge is 0.303 e. The summed E-state index contributed by atoms with van der Waals surface area (Å²) in [6.45, 7) is 9.15. The third-order valence-electron chi connectivity index (χ3n) is 8.28. The highest BCUT2D eigenvalue weighted by atomic mass is 15.1. The molecule has 0 amide bonds. The van der Waals surface area contributed by atoms with E-state index in [9.17, 15) is 0 Å². The zero-order chi connectivity index (χ0) is 17.1. The average Bonchev–Trinajstić information content (AvgIpc) is 2.55. The van der Waals surface area contributed by atoms with Crippen LogP contribution in [0.5, 0.6) is 0 Å². The van der Waals surface area contributed by atoms with Gasteiger partial charge in [-0.1, -0.05) is 44.2 Å². The Kier molecular flexibility index (Phi) is 3.66. The Morgan fingerprint density at radius 1 is 0.960 bits per heavy atom. The summed E-state index contributed by atoms with van der Waals surface area (Å²) in [4.78, 5) is 2.84. The Bertz CT molecular complexity index is 631. The quantitative estimate of drug-likeness (QED) is 0.689. The number of rotatable bonds is 3. The molecule has 4 atom stereocenters. The molecule has 4 aliphatic carbocycles. The summed E-state index contributed by atoms with van der Waals surface area (Å²) >= 11 is 0. The summed E-state index contributed by atoms with van der Waals surface area (Å²) in [5.41, 5.74) is 3.34. The lowest BCUT2D eigenvalue weighted by Gasteiger charge is -2.67. The molecule has 0 aromatic heterocycles. The van der Waals surface area contributed by atoms with Gasteiger partial charge in [0.25, 0.3) is 0 Å². The molecule has 2 unspecified atom stereocenters. The van der Waals surface area contributed by atoms with Gasteiger partial charge in [0.15, 0.2) is 0 Å². The molecule has 1 heterocycles. The van der Waals surface area contributed by atoms with E-state index in [-0.39, 0.29) is 0 Å². The lowest BCUT2D eigenvalue weighted by atomic mass is 9.39. The van der Waals surface area contributed by atoms with Crippen molar-refractivity contribution in [3.63, 3.8) is 0 Å². The number of hydrogen-bond acceptors (Lipinski definition) is 1. The lowest BCUT2D eigenvalue weighted by molar-refractivity contribution is -0.130. The first-order valence-corrected chi connectivity index (χ1v) is 10.8. The monoisotopic (exact) mass is 337 g/mol. The molecule has 0 N–H and O–H groups in total.